The van der Waals surface area contributed by atoms with Gasteiger partial charge in [-0.3, -0.25) is 4.98 Å². The number of thiazole rings is 1. The lowest BCUT2D eigenvalue weighted by atomic mass is 10.1. The third-order valence-corrected chi connectivity index (χ3v) is 7.12. The van der Waals surface area contributed by atoms with Crippen molar-refractivity contribution in [3.05, 3.63) is 93.3 Å². The van der Waals surface area contributed by atoms with Crippen molar-refractivity contribution in [2.24, 2.45) is 10.1 Å². The largest absolute Gasteiger partial charge is 0.493 e. The number of nitrogens with zero attached hydrogens (tertiary/aromatic N) is 6. The molecular formula is C28H24ClFN6O3S. The van der Waals surface area contributed by atoms with E-state index in [1.54, 1.807) is 56.7 Å². The van der Waals surface area contributed by atoms with Gasteiger partial charge in [0, 0.05) is 17.1 Å². The molecule has 0 N–H and O–H groups in total. The van der Waals surface area contributed by atoms with Crippen LogP contribution in [0.15, 0.2) is 76.4 Å². The summed E-state index contributed by atoms with van der Waals surface area (Å²) in [5, 5.41) is 11.6. The maximum atomic E-state index is 13.5. The van der Waals surface area contributed by atoms with Crippen molar-refractivity contribution in [2.45, 2.75) is 6.92 Å². The van der Waals surface area contributed by atoms with E-state index in [1.165, 1.54) is 28.2 Å². The first-order valence-electron chi connectivity index (χ1n) is 11.9. The average molecular weight is 579 g/mol. The van der Waals surface area contributed by atoms with Crippen molar-refractivity contribution in [2.75, 3.05) is 21.3 Å². The van der Waals surface area contributed by atoms with Gasteiger partial charge in [0.2, 0.25) is 10.6 Å². The predicted octanol–water partition coefficient (Wildman–Crippen LogP) is 6.04. The molecule has 0 aliphatic carbocycles. The first-order valence-corrected chi connectivity index (χ1v) is 13.2. The fourth-order valence-corrected chi connectivity index (χ4v) is 5.15. The van der Waals surface area contributed by atoms with Gasteiger partial charge in [-0.2, -0.15) is 10.2 Å². The van der Waals surface area contributed by atoms with Crippen molar-refractivity contribution in [3.63, 3.8) is 0 Å². The highest BCUT2D eigenvalue weighted by Crippen LogP contribution is 2.41. The van der Waals surface area contributed by atoms with Gasteiger partial charge in [0.15, 0.2) is 11.5 Å². The van der Waals surface area contributed by atoms with Gasteiger partial charge in [0.1, 0.15) is 11.0 Å². The summed E-state index contributed by atoms with van der Waals surface area (Å²) in [6.45, 7) is 1.83. The highest BCUT2D eigenvalue weighted by Gasteiger charge is 2.18. The van der Waals surface area contributed by atoms with E-state index < -0.39 is 0 Å². The summed E-state index contributed by atoms with van der Waals surface area (Å²) in [7, 11) is 4.68. The van der Waals surface area contributed by atoms with Crippen LogP contribution in [0, 0.1) is 12.7 Å². The van der Waals surface area contributed by atoms with Gasteiger partial charge in [-0.1, -0.05) is 11.6 Å². The number of ether oxygens (including phenoxy) is 3. The summed E-state index contributed by atoms with van der Waals surface area (Å²) >= 11 is 8.12. The average Bonchev–Trinajstić information content (AvgIpc) is 3.50. The van der Waals surface area contributed by atoms with Crippen LogP contribution in [0.4, 0.5) is 10.1 Å². The molecule has 5 rings (SSSR count). The minimum absolute atomic E-state index is 0.337. The molecule has 40 heavy (non-hydrogen) atoms. The van der Waals surface area contributed by atoms with E-state index in [0.29, 0.717) is 49.8 Å². The highest BCUT2D eigenvalue weighted by atomic mass is 35.5. The van der Waals surface area contributed by atoms with Crippen LogP contribution in [0.5, 0.6) is 17.2 Å². The Hall–Kier alpha value is -4.48. The Morgan fingerprint density at radius 3 is 2.38 bits per heavy atom. The van der Waals surface area contributed by atoms with Crippen LogP contribution in [0.1, 0.15) is 11.3 Å². The molecule has 3 aromatic heterocycles. The minimum atomic E-state index is -0.344. The summed E-state index contributed by atoms with van der Waals surface area (Å²) in [6.07, 6.45) is 4.98. The molecule has 0 aliphatic heterocycles. The maximum Gasteiger partial charge on any atom is 0.211 e. The molecule has 0 aliphatic rings. The van der Waals surface area contributed by atoms with Crippen LogP contribution in [-0.4, -0.2) is 47.0 Å². The second-order valence-electron chi connectivity index (χ2n) is 8.38. The van der Waals surface area contributed by atoms with Crippen LogP contribution < -0.4 is 19.0 Å². The molecule has 0 fully saturated rings. The van der Waals surface area contributed by atoms with E-state index in [-0.39, 0.29) is 5.82 Å². The summed E-state index contributed by atoms with van der Waals surface area (Å²) in [5.74, 6) is 1.14. The lowest BCUT2D eigenvalue weighted by Crippen LogP contribution is -2.12. The van der Waals surface area contributed by atoms with E-state index >= 15 is 0 Å². The summed E-state index contributed by atoms with van der Waals surface area (Å²) in [6, 6.07) is 13.3. The number of aryl methyl sites for hydroxylation is 1. The van der Waals surface area contributed by atoms with Gasteiger partial charge >= 0.3 is 0 Å². The third-order valence-electron chi connectivity index (χ3n) is 5.94. The van der Waals surface area contributed by atoms with Gasteiger partial charge < -0.3 is 14.2 Å². The molecular weight excluding hydrogens is 555 g/mol. The first kappa shape index (κ1) is 27.1. The van der Waals surface area contributed by atoms with Crippen molar-refractivity contribution in [3.8, 4) is 34.2 Å². The molecule has 0 amide bonds. The normalized spacial score (nSPS) is 11.8. The van der Waals surface area contributed by atoms with Crippen LogP contribution in [0.2, 0.25) is 5.15 Å². The summed E-state index contributed by atoms with van der Waals surface area (Å²) in [4.78, 5) is 9.50. The van der Waals surface area contributed by atoms with Gasteiger partial charge in [-0.15, -0.1) is 11.3 Å². The lowest BCUT2D eigenvalue weighted by Gasteiger charge is -2.14. The van der Waals surface area contributed by atoms with Crippen molar-refractivity contribution in [1.29, 1.82) is 0 Å². The van der Waals surface area contributed by atoms with Crippen molar-refractivity contribution >= 4 is 34.8 Å². The van der Waals surface area contributed by atoms with Crippen LogP contribution in [-0.2, 0) is 0 Å². The van der Waals surface area contributed by atoms with E-state index in [4.69, 9.17) is 35.9 Å². The zero-order chi connectivity index (χ0) is 28.2. The van der Waals surface area contributed by atoms with Gasteiger partial charge in [-0.05, 0) is 55.5 Å². The van der Waals surface area contributed by atoms with Gasteiger partial charge in [0.05, 0.1) is 62.1 Å². The molecule has 0 radical (unpaired) electrons. The number of hydrogen-bond acceptors (Lipinski definition) is 8. The van der Waals surface area contributed by atoms with Crippen LogP contribution >= 0.6 is 22.9 Å². The van der Waals surface area contributed by atoms with E-state index in [0.717, 1.165) is 11.3 Å². The molecule has 0 saturated carbocycles. The minimum Gasteiger partial charge on any atom is -0.493 e. The first-order chi connectivity index (χ1) is 19.4. The Balaban J connectivity index is 1.66. The van der Waals surface area contributed by atoms with E-state index in [2.05, 4.69) is 10.1 Å². The fraction of sp³-hybridized carbons (Fsp3) is 0.143. The molecule has 9 nitrogen and oxygen atoms in total. The quantitative estimate of drug-likeness (QED) is 0.210. The molecule has 2 aromatic carbocycles. The molecule has 0 atom stereocenters. The van der Waals surface area contributed by atoms with Gasteiger partial charge in [0.25, 0.3) is 0 Å². The van der Waals surface area contributed by atoms with Crippen molar-refractivity contribution < 1.29 is 18.6 Å². The molecule has 5 aromatic rings. The SMILES string of the molecule is COc1cc(-c2csc(=Nc3cccnc3)n2N=Cc2c(C)nn(-c3ccc(F)cc3)c2Cl)cc(OC)c1OC. The monoisotopic (exact) mass is 578 g/mol. The zero-order valence-corrected chi connectivity index (χ0v) is 23.6. The number of methoxy groups -OCH3 is 3. The van der Waals surface area contributed by atoms with E-state index in [1.807, 2.05) is 36.6 Å². The molecule has 0 saturated heterocycles. The Kier molecular flexibility index (Phi) is 7.94. The summed E-state index contributed by atoms with van der Waals surface area (Å²) < 4.78 is 33.3. The fourth-order valence-electron chi connectivity index (χ4n) is 3.97. The van der Waals surface area contributed by atoms with Gasteiger partial charge in [-0.25, -0.2) is 18.7 Å². The molecule has 0 spiro atoms. The topological polar surface area (TPSA) is 88.1 Å². The van der Waals surface area contributed by atoms with E-state index in [9.17, 15) is 4.39 Å². The molecule has 3 heterocycles. The molecule has 12 heteroatoms. The number of benzene rings is 2. The highest BCUT2D eigenvalue weighted by molar-refractivity contribution is 7.07. The Labute approximate surface area is 238 Å². The number of rotatable bonds is 8. The lowest BCUT2D eigenvalue weighted by molar-refractivity contribution is 0.324. The second-order valence-corrected chi connectivity index (χ2v) is 9.57. The predicted molar refractivity (Wildman–Crippen MR) is 153 cm³/mol. The van der Waals surface area contributed by atoms with Crippen LogP contribution in [0.3, 0.4) is 0 Å². The standard InChI is InChI=1S/C28H24ClFN6O3S/c1-17-22(27(29)35(34-17)21-9-7-19(30)8-10-21)15-32-36-23(16-40-28(36)33-20-6-5-11-31-14-20)18-12-24(37-2)26(39-4)25(13-18)38-3/h5-16H,1-4H3. The Morgan fingerprint density at radius 2 is 1.75 bits per heavy atom. The number of halogens is 2. The molecule has 204 valence electrons. The number of pyridine rings is 1. The smallest absolute Gasteiger partial charge is 0.211 e. The zero-order valence-electron chi connectivity index (χ0n) is 22.0. The van der Waals surface area contributed by atoms with Crippen LogP contribution in [0.25, 0.3) is 16.9 Å². The molecule has 0 unspecified atom stereocenters. The van der Waals surface area contributed by atoms with Crippen molar-refractivity contribution in [1.82, 2.24) is 19.4 Å². The number of aromatic nitrogens is 4. The summed E-state index contributed by atoms with van der Waals surface area (Å²) in [5.41, 5.74) is 4.04. The number of hydrogen-bond donors (Lipinski definition) is 0. The second kappa shape index (κ2) is 11.7. The Morgan fingerprint density at radius 1 is 1.02 bits per heavy atom. The third kappa shape index (κ3) is 5.33. The Bertz CT molecular complexity index is 1720. The molecule has 0 bridgehead atoms. The maximum absolute atomic E-state index is 13.5.